The Bertz CT molecular complexity index is 556. The summed E-state index contributed by atoms with van der Waals surface area (Å²) in [6.07, 6.45) is 20.6. The standard InChI is InChI=1S/C27H46/c1-19(2)9-8-10-20(3)23-14-15-24-22-13-12-21-11-6-7-17-26(21,4)25(22)16-18-27(23,24)5/h14,19-22,24-25H,6-13,15-18H2,1-5H3. The Morgan fingerprint density at radius 1 is 0.926 bits per heavy atom. The van der Waals surface area contributed by atoms with Crippen LogP contribution in [-0.2, 0) is 0 Å². The molecule has 0 aromatic carbocycles. The quantitative estimate of drug-likeness (QED) is 0.426. The van der Waals surface area contributed by atoms with Crippen molar-refractivity contribution in [2.45, 2.75) is 112 Å². The Morgan fingerprint density at radius 2 is 1.74 bits per heavy atom. The smallest absolute Gasteiger partial charge is 0.00797 e. The van der Waals surface area contributed by atoms with Gasteiger partial charge in [-0.15, -0.1) is 0 Å². The molecule has 0 aromatic heterocycles. The fraction of sp³-hybridized carbons (Fsp3) is 0.926. The molecule has 0 aromatic rings. The van der Waals surface area contributed by atoms with E-state index in [1.165, 1.54) is 64.2 Å². The van der Waals surface area contributed by atoms with Crippen LogP contribution in [0.5, 0.6) is 0 Å². The van der Waals surface area contributed by atoms with Crippen molar-refractivity contribution in [3.63, 3.8) is 0 Å². The average Bonchev–Trinajstić information content (AvgIpc) is 2.98. The van der Waals surface area contributed by atoms with Crippen molar-refractivity contribution >= 4 is 0 Å². The van der Waals surface area contributed by atoms with Crippen molar-refractivity contribution in [3.8, 4) is 0 Å². The molecule has 0 aliphatic heterocycles. The lowest BCUT2D eigenvalue weighted by Gasteiger charge is -2.60. The monoisotopic (exact) mass is 370 g/mol. The molecule has 0 amide bonds. The highest BCUT2D eigenvalue weighted by Gasteiger charge is 2.58. The van der Waals surface area contributed by atoms with E-state index in [1.54, 1.807) is 12.8 Å². The highest BCUT2D eigenvalue weighted by Crippen LogP contribution is 2.67. The van der Waals surface area contributed by atoms with Gasteiger partial charge in [0.15, 0.2) is 0 Å². The number of allylic oxidation sites excluding steroid dienone is 2. The van der Waals surface area contributed by atoms with Crippen LogP contribution in [0.25, 0.3) is 0 Å². The number of hydrogen-bond acceptors (Lipinski definition) is 0. The first-order valence-corrected chi connectivity index (χ1v) is 12.6. The summed E-state index contributed by atoms with van der Waals surface area (Å²) in [5.74, 6) is 5.77. The summed E-state index contributed by atoms with van der Waals surface area (Å²) in [6.45, 7) is 12.7. The Morgan fingerprint density at radius 3 is 2.52 bits per heavy atom. The van der Waals surface area contributed by atoms with E-state index in [0.717, 1.165) is 35.5 Å². The van der Waals surface area contributed by atoms with Gasteiger partial charge in [-0.05, 0) is 97.7 Å². The van der Waals surface area contributed by atoms with Gasteiger partial charge in [0.05, 0.1) is 0 Å². The summed E-state index contributed by atoms with van der Waals surface area (Å²) in [4.78, 5) is 0. The molecule has 27 heavy (non-hydrogen) atoms. The third kappa shape index (κ3) is 3.36. The molecule has 7 unspecified atom stereocenters. The number of hydrogen-bond donors (Lipinski definition) is 0. The Kier molecular flexibility index (Phi) is 5.59. The maximum Gasteiger partial charge on any atom is -0.00797 e. The van der Waals surface area contributed by atoms with Crippen LogP contribution in [0.3, 0.4) is 0 Å². The first-order valence-electron chi connectivity index (χ1n) is 12.6. The summed E-state index contributed by atoms with van der Waals surface area (Å²) in [6, 6.07) is 0. The third-order valence-corrected chi connectivity index (χ3v) is 10.2. The predicted molar refractivity (Wildman–Crippen MR) is 118 cm³/mol. The molecule has 0 bridgehead atoms. The second-order valence-corrected chi connectivity index (χ2v) is 12.0. The van der Waals surface area contributed by atoms with Crippen molar-refractivity contribution < 1.29 is 0 Å². The topological polar surface area (TPSA) is 0 Å². The van der Waals surface area contributed by atoms with Crippen LogP contribution < -0.4 is 0 Å². The first-order chi connectivity index (χ1) is 12.9. The molecule has 0 spiro atoms. The highest BCUT2D eigenvalue weighted by atomic mass is 14.6. The molecule has 0 radical (unpaired) electrons. The minimum absolute atomic E-state index is 0.538. The second-order valence-electron chi connectivity index (χ2n) is 12.0. The maximum atomic E-state index is 2.74. The van der Waals surface area contributed by atoms with Crippen LogP contribution in [-0.4, -0.2) is 0 Å². The van der Waals surface area contributed by atoms with Gasteiger partial charge in [0.2, 0.25) is 0 Å². The molecule has 154 valence electrons. The van der Waals surface area contributed by atoms with Gasteiger partial charge in [-0.3, -0.25) is 0 Å². The van der Waals surface area contributed by atoms with Gasteiger partial charge in [0, 0.05) is 0 Å². The lowest BCUT2D eigenvalue weighted by molar-refractivity contribution is -0.0999. The van der Waals surface area contributed by atoms with Crippen molar-refractivity contribution in [1.82, 2.24) is 0 Å². The van der Waals surface area contributed by atoms with Gasteiger partial charge in [0.25, 0.3) is 0 Å². The van der Waals surface area contributed by atoms with E-state index in [2.05, 4.69) is 40.7 Å². The minimum Gasteiger partial charge on any atom is -0.0842 e. The van der Waals surface area contributed by atoms with E-state index in [4.69, 9.17) is 0 Å². The number of fused-ring (bicyclic) bond motifs is 5. The molecule has 4 rings (SSSR count). The van der Waals surface area contributed by atoms with E-state index >= 15 is 0 Å². The molecule has 0 heterocycles. The zero-order chi connectivity index (χ0) is 19.2. The summed E-state index contributed by atoms with van der Waals surface area (Å²) < 4.78 is 0. The van der Waals surface area contributed by atoms with E-state index in [-0.39, 0.29) is 0 Å². The van der Waals surface area contributed by atoms with Crippen LogP contribution in [0, 0.1) is 46.3 Å². The van der Waals surface area contributed by atoms with Gasteiger partial charge in [-0.1, -0.05) is 72.0 Å². The predicted octanol–water partition coefficient (Wildman–Crippen LogP) is 8.42. The summed E-state index contributed by atoms with van der Waals surface area (Å²) in [5, 5.41) is 0. The lowest BCUT2D eigenvalue weighted by Crippen LogP contribution is -2.52. The maximum absolute atomic E-state index is 2.74. The molecule has 0 saturated heterocycles. The zero-order valence-electron chi connectivity index (χ0n) is 19.0. The molecule has 4 aliphatic rings. The van der Waals surface area contributed by atoms with E-state index in [0.29, 0.717) is 10.8 Å². The SMILES string of the molecule is CC(C)CCCC(C)C1=CCC2C3CCC4CCCCC4(C)C3CCC12C. The molecule has 0 heteroatoms. The Balaban J connectivity index is 1.47. The normalized spacial score (nSPS) is 45.0. The molecule has 0 nitrogen and oxygen atoms in total. The summed E-state index contributed by atoms with van der Waals surface area (Å²) in [7, 11) is 0. The first kappa shape index (κ1) is 20.0. The van der Waals surface area contributed by atoms with Crippen LogP contribution in [0.1, 0.15) is 112 Å². The van der Waals surface area contributed by atoms with Crippen molar-refractivity contribution in [2.75, 3.05) is 0 Å². The Labute approximate surface area is 170 Å². The van der Waals surface area contributed by atoms with Crippen molar-refractivity contribution in [3.05, 3.63) is 11.6 Å². The fourth-order valence-corrected chi connectivity index (χ4v) is 8.65. The largest absolute Gasteiger partial charge is 0.0842 e. The average molecular weight is 371 g/mol. The van der Waals surface area contributed by atoms with Gasteiger partial charge in [-0.25, -0.2) is 0 Å². The van der Waals surface area contributed by atoms with Gasteiger partial charge < -0.3 is 0 Å². The molecule has 0 N–H and O–H groups in total. The zero-order valence-corrected chi connectivity index (χ0v) is 19.0. The lowest BCUT2D eigenvalue weighted by atomic mass is 9.44. The van der Waals surface area contributed by atoms with E-state index < -0.39 is 0 Å². The van der Waals surface area contributed by atoms with E-state index in [9.17, 15) is 0 Å². The van der Waals surface area contributed by atoms with Crippen LogP contribution >= 0.6 is 0 Å². The van der Waals surface area contributed by atoms with Gasteiger partial charge >= 0.3 is 0 Å². The third-order valence-electron chi connectivity index (χ3n) is 10.2. The second kappa shape index (κ2) is 7.53. The molecular weight excluding hydrogens is 324 g/mol. The summed E-state index contributed by atoms with van der Waals surface area (Å²) >= 11 is 0. The fourth-order valence-electron chi connectivity index (χ4n) is 8.65. The molecule has 4 aliphatic carbocycles. The number of rotatable bonds is 5. The molecule has 7 atom stereocenters. The molecule has 3 fully saturated rings. The highest BCUT2D eigenvalue weighted by molar-refractivity contribution is 5.27. The van der Waals surface area contributed by atoms with Crippen molar-refractivity contribution in [1.29, 1.82) is 0 Å². The van der Waals surface area contributed by atoms with Crippen molar-refractivity contribution in [2.24, 2.45) is 46.3 Å². The van der Waals surface area contributed by atoms with Gasteiger partial charge in [-0.2, -0.15) is 0 Å². The summed E-state index contributed by atoms with van der Waals surface area (Å²) in [5.41, 5.74) is 3.11. The van der Waals surface area contributed by atoms with Crippen LogP contribution in [0.4, 0.5) is 0 Å². The molecular formula is C27H46. The van der Waals surface area contributed by atoms with Crippen LogP contribution in [0.15, 0.2) is 11.6 Å². The molecule has 3 saturated carbocycles. The van der Waals surface area contributed by atoms with Crippen LogP contribution in [0.2, 0.25) is 0 Å². The van der Waals surface area contributed by atoms with E-state index in [1.807, 2.05) is 5.57 Å². The Hall–Kier alpha value is -0.260. The minimum atomic E-state index is 0.538. The van der Waals surface area contributed by atoms with Gasteiger partial charge in [0.1, 0.15) is 0 Å².